The number of ketones is 1. The predicted octanol–water partition coefficient (Wildman–Crippen LogP) is 4.52. The first-order valence-electron chi connectivity index (χ1n) is 9.40. The van der Waals surface area contributed by atoms with Gasteiger partial charge < -0.3 is 14.4 Å². The topological polar surface area (TPSA) is 70.8 Å². The molecule has 2 heterocycles. The third-order valence-electron chi connectivity index (χ3n) is 5.16. The zero-order valence-electron chi connectivity index (χ0n) is 16.3. The second-order valence-electron chi connectivity index (χ2n) is 7.28. The van der Waals surface area contributed by atoms with Crippen LogP contribution in [0.1, 0.15) is 34.1 Å². The van der Waals surface area contributed by atoms with E-state index in [1.54, 1.807) is 24.3 Å². The minimum absolute atomic E-state index is 0.0919. The lowest BCUT2D eigenvalue weighted by atomic mass is 9.94. The van der Waals surface area contributed by atoms with Crippen molar-refractivity contribution in [3.8, 4) is 0 Å². The summed E-state index contributed by atoms with van der Waals surface area (Å²) < 4.78 is 5.39. The molecule has 0 aliphatic carbocycles. The molecule has 146 valence electrons. The van der Waals surface area contributed by atoms with Gasteiger partial charge in [0.05, 0.1) is 24.4 Å². The Bertz CT molecular complexity index is 1080. The number of carbonyl (C=O) groups excluding carboxylic acids is 2. The maximum atomic E-state index is 12.9. The number of nitrogens with zero attached hydrogens (tertiary/aromatic N) is 1. The Morgan fingerprint density at radius 3 is 2.17 bits per heavy atom. The van der Waals surface area contributed by atoms with Crippen LogP contribution in [0.5, 0.6) is 0 Å². The summed E-state index contributed by atoms with van der Waals surface area (Å²) >= 11 is 0. The van der Waals surface area contributed by atoms with Crippen molar-refractivity contribution in [2.24, 2.45) is 0 Å². The van der Waals surface area contributed by atoms with Crippen molar-refractivity contribution in [3.63, 3.8) is 0 Å². The van der Waals surface area contributed by atoms with E-state index >= 15 is 0 Å². The van der Waals surface area contributed by atoms with Gasteiger partial charge in [-0.2, -0.15) is 0 Å². The predicted molar refractivity (Wildman–Crippen MR) is 109 cm³/mol. The van der Waals surface area contributed by atoms with Crippen LogP contribution in [0.15, 0.2) is 76.9 Å². The number of Topliss-reactive ketones (excluding diaryl/α,β-unsaturated/α-hetero) is 1. The number of rotatable bonds is 4. The van der Waals surface area contributed by atoms with Crippen LogP contribution in [-0.4, -0.2) is 21.7 Å². The molecule has 1 N–H and O–H groups in total. The molecular weight excluding hydrogens is 366 g/mol. The minimum atomic E-state index is -0.694. The van der Waals surface area contributed by atoms with Gasteiger partial charge >= 0.3 is 0 Å². The summed E-state index contributed by atoms with van der Waals surface area (Å²) in [5.74, 6) is -0.948. The van der Waals surface area contributed by atoms with Crippen molar-refractivity contribution >= 4 is 17.4 Å². The highest BCUT2D eigenvalue weighted by Gasteiger charge is 2.46. The van der Waals surface area contributed by atoms with Crippen LogP contribution in [-0.2, 0) is 16.1 Å². The van der Waals surface area contributed by atoms with Crippen LogP contribution < -0.4 is 0 Å². The molecule has 1 fully saturated rings. The average molecular weight is 387 g/mol. The number of benzene rings is 2. The summed E-state index contributed by atoms with van der Waals surface area (Å²) in [6, 6.07) is 17.6. The normalized spacial score (nSPS) is 18.4. The molecule has 2 aromatic carbocycles. The zero-order valence-corrected chi connectivity index (χ0v) is 16.3. The third kappa shape index (κ3) is 3.47. The number of carbonyl (C=O) groups is 2. The van der Waals surface area contributed by atoms with E-state index < -0.39 is 17.7 Å². The molecule has 0 bridgehead atoms. The van der Waals surface area contributed by atoms with Crippen LogP contribution in [0.3, 0.4) is 0 Å². The van der Waals surface area contributed by atoms with Crippen LogP contribution >= 0.6 is 0 Å². The van der Waals surface area contributed by atoms with Crippen LogP contribution in [0.25, 0.3) is 5.76 Å². The Morgan fingerprint density at radius 2 is 1.59 bits per heavy atom. The van der Waals surface area contributed by atoms with Gasteiger partial charge in [-0.25, -0.2) is 0 Å². The number of hydrogen-bond acceptors (Lipinski definition) is 4. The monoisotopic (exact) mass is 387 g/mol. The van der Waals surface area contributed by atoms with Crippen molar-refractivity contribution in [2.75, 3.05) is 0 Å². The van der Waals surface area contributed by atoms with Gasteiger partial charge in [0, 0.05) is 5.56 Å². The van der Waals surface area contributed by atoms with Gasteiger partial charge in [-0.3, -0.25) is 9.59 Å². The fourth-order valence-electron chi connectivity index (χ4n) is 3.58. The summed E-state index contributed by atoms with van der Waals surface area (Å²) in [6.45, 7) is 4.05. The maximum Gasteiger partial charge on any atom is 0.296 e. The first-order chi connectivity index (χ1) is 14.0. The van der Waals surface area contributed by atoms with Crippen molar-refractivity contribution in [1.82, 2.24) is 4.90 Å². The molecule has 5 heteroatoms. The summed E-state index contributed by atoms with van der Waals surface area (Å²) in [6.07, 6.45) is 1.53. The number of furan rings is 1. The molecule has 29 heavy (non-hydrogen) atoms. The molecule has 0 radical (unpaired) electrons. The Balaban J connectivity index is 1.86. The molecule has 3 aromatic rings. The van der Waals surface area contributed by atoms with Gasteiger partial charge in [0.1, 0.15) is 11.5 Å². The summed E-state index contributed by atoms with van der Waals surface area (Å²) in [5.41, 5.74) is 3.46. The third-order valence-corrected chi connectivity index (χ3v) is 5.16. The molecular formula is C24H21NO4. The van der Waals surface area contributed by atoms with Crippen molar-refractivity contribution in [1.29, 1.82) is 0 Å². The smallest absolute Gasteiger partial charge is 0.296 e. The molecule has 0 saturated carbocycles. The van der Waals surface area contributed by atoms with E-state index in [2.05, 4.69) is 0 Å². The minimum Gasteiger partial charge on any atom is -0.507 e. The van der Waals surface area contributed by atoms with Crippen molar-refractivity contribution in [2.45, 2.75) is 26.4 Å². The lowest BCUT2D eigenvalue weighted by Crippen LogP contribution is -2.29. The van der Waals surface area contributed by atoms with E-state index in [-0.39, 0.29) is 17.9 Å². The number of aliphatic hydroxyl groups is 1. The Morgan fingerprint density at radius 1 is 0.966 bits per heavy atom. The molecule has 1 atom stereocenters. The number of aliphatic hydroxyl groups excluding tert-OH is 1. The quantitative estimate of drug-likeness (QED) is 0.406. The number of likely N-dealkylation sites (tertiary alicyclic amines) is 1. The fourth-order valence-corrected chi connectivity index (χ4v) is 3.58. The van der Waals surface area contributed by atoms with Crippen LogP contribution in [0, 0.1) is 13.8 Å². The molecule has 4 rings (SSSR count). The van der Waals surface area contributed by atoms with Crippen molar-refractivity contribution in [3.05, 3.63) is 101 Å². The van der Waals surface area contributed by atoms with E-state index in [9.17, 15) is 14.7 Å². The maximum absolute atomic E-state index is 12.9. The SMILES string of the molecule is Cc1ccc(C(O)=C2C(=O)C(=O)N(Cc3ccco3)[C@H]2c2ccc(C)cc2)cc1. The molecule has 1 aliphatic heterocycles. The zero-order chi connectivity index (χ0) is 20.5. The first kappa shape index (κ1) is 18.7. The molecule has 5 nitrogen and oxygen atoms in total. The Labute approximate surface area is 168 Å². The van der Waals surface area contributed by atoms with Gasteiger partial charge in [0.15, 0.2) is 0 Å². The number of aryl methyl sites for hydroxylation is 2. The van der Waals surface area contributed by atoms with Gasteiger partial charge in [0.2, 0.25) is 0 Å². The molecule has 1 aliphatic rings. The number of amides is 1. The second kappa shape index (κ2) is 7.43. The molecule has 1 saturated heterocycles. The first-order valence-corrected chi connectivity index (χ1v) is 9.40. The van der Waals surface area contributed by atoms with E-state index in [1.807, 2.05) is 50.2 Å². The van der Waals surface area contributed by atoms with Gasteiger partial charge in [-0.15, -0.1) is 0 Å². The standard InChI is InChI=1S/C24H21NO4/c1-15-5-9-17(10-6-15)21-20(22(26)18-11-7-16(2)8-12-18)23(27)24(28)25(21)14-19-4-3-13-29-19/h3-13,21,26H,14H2,1-2H3/t21-/m0/s1. The molecule has 1 aromatic heterocycles. The summed E-state index contributed by atoms with van der Waals surface area (Å²) in [4.78, 5) is 27.3. The fraction of sp³-hybridized carbons (Fsp3) is 0.167. The summed E-state index contributed by atoms with van der Waals surface area (Å²) in [5, 5.41) is 11.0. The van der Waals surface area contributed by atoms with E-state index in [0.29, 0.717) is 11.3 Å². The summed E-state index contributed by atoms with van der Waals surface area (Å²) in [7, 11) is 0. The van der Waals surface area contributed by atoms with E-state index in [1.165, 1.54) is 11.2 Å². The highest BCUT2D eigenvalue weighted by molar-refractivity contribution is 6.46. The second-order valence-corrected chi connectivity index (χ2v) is 7.28. The van der Waals surface area contributed by atoms with Gasteiger partial charge in [-0.05, 0) is 31.5 Å². The average Bonchev–Trinajstić information content (AvgIpc) is 3.31. The van der Waals surface area contributed by atoms with Crippen LogP contribution in [0.2, 0.25) is 0 Å². The Hall–Kier alpha value is -3.60. The molecule has 1 amide bonds. The number of hydrogen-bond donors (Lipinski definition) is 1. The largest absolute Gasteiger partial charge is 0.507 e. The van der Waals surface area contributed by atoms with E-state index in [0.717, 1.165) is 16.7 Å². The highest BCUT2D eigenvalue weighted by Crippen LogP contribution is 2.40. The highest BCUT2D eigenvalue weighted by atomic mass is 16.3. The van der Waals surface area contributed by atoms with Crippen molar-refractivity contribution < 1.29 is 19.1 Å². The molecule has 0 spiro atoms. The van der Waals surface area contributed by atoms with E-state index in [4.69, 9.17) is 4.42 Å². The van der Waals surface area contributed by atoms with Crippen LogP contribution in [0.4, 0.5) is 0 Å². The van der Waals surface area contributed by atoms with Gasteiger partial charge in [-0.1, -0.05) is 59.7 Å². The lowest BCUT2D eigenvalue weighted by Gasteiger charge is -2.24. The van der Waals surface area contributed by atoms with Gasteiger partial charge in [0.25, 0.3) is 11.7 Å². The Kier molecular flexibility index (Phi) is 4.80. The molecule has 0 unspecified atom stereocenters. The lowest BCUT2D eigenvalue weighted by molar-refractivity contribution is -0.140.